The van der Waals surface area contributed by atoms with Gasteiger partial charge >= 0.3 is 0 Å². The van der Waals surface area contributed by atoms with Crippen molar-refractivity contribution in [1.29, 1.82) is 0 Å². The number of nitrogens with one attached hydrogen (secondary N) is 3. The average Bonchev–Trinajstić information content (AvgIpc) is 3.79. The highest BCUT2D eigenvalue weighted by atomic mass is 19.1. The van der Waals surface area contributed by atoms with Crippen molar-refractivity contribution in [2.24, 2.45) is 5.92 Å². The van der Waals surface area contributed by atoms with Gasteiger partial charge in [0.15, 0.2) is 0 Å². The number of carbonyl (C=O) groups is 1. The minimum atomic E-state index is -0.478. The summed E-state index contributed by atoms with van der Waals surface area (Å²) in [6.45, 7) is 3.83. The summed E-state index contributed by atoms with van der Waals surface area (Å²) in [6, 6.07) is 12.5. The van der Waals surface area contributed by atoms with E-state index in [0.29, 0.717) is 39.6 Å². The Morgan fingerprint density at radius 2 is 1.92 bits per heavy atom. The molecule has 2 aliphatic rings. The van der Waals surface area contributed by atoms with E-state index in [1.165, 1.54) is 6.07 Å². The van der Waals surface area contributed by atoms with E-state index in [9.17, 15) is 9.18 Å². The van der Waals surface area contributed by atoms with Gasteiger partial charge in [-0.05, 0) is 75.0 Å². The molecule has 3 heterocycles. The van der Waals surface area contributed by atoms with E-state index >= 15 is 0 Å². The van der Waals surface area contributed by atoms with E-state index in [4.69, 9.17) is 9.72 Å². The third kappa shape index (κ3) is 5.02. The smallest absolute Gasteiger partial charge is 0.228 e. The first-order valence-corrected chi connectivity index (χ1v) is 13.0. The molecule has 1 unspecified atom stereocenters. The molecule has 1 aliphatic heterocycles. The number of anilines is 2. The maximum Gasteiger partial charge on any atom is 0.228 e. The number of halogens is 1. The number of amides is 1. The quantitative estimate of drug-likeness (QED) is 0.303. The number of aromatic nitrogens is 3. The zero-order chi connectivity index (χ0) is 26.1. The van der Waals surface area contributed by atoms with Gasteiger partial charge in [-0.25, -0.2) is 19.3 Å². The molecule has 6 rings (SSSR count). The summed E-state index contributed by atoms with van der Waals surface area (Å²) >= 11 is 0. The number of fused-ring (bicyclic) bond motifs is 1. The number of hydrogen-bond acceptors (Lipinski definition) is 7. The van der Waals surface area contributed by atoms with Gasteiger partial charge in [-0.2, -0.15) is 0 Å². The Balaban J connectivity index is 1.34. The summed E-state index contributed by atoms with van der Waals surface area (Å²) < 4.78 is 21.2. The molecule has 194 valence electrons. The van der Waals surface area contributed by atoms with Gasteiger partial charge in [-0.1, -0.05) is 12.1 Å². The summed E-state index contributed by atoms with van der Waals surface area (Å²) in [7, 11) is 0. The third-order valence-electron chi connectivity index (χ3n) is 7.03. The maximum absolute atomic E-state index is 14.8. The molecule has 8 nitrogen and oxygen atoms in total. The van der Waals surface area contributed by atoms with Crippen molar-refractivity contribution in [1.82, 2.24) is 20.3 Å². The van der Waals surface area contributed by atoms with Crippen molar-refractivity contribution in [3.8, 4) is 22.9 Å². The zero-order valence-electron chi connectivity index (χ0n) is 21.1. The first kappa shape index (κ1) is 24.2. The number of pyridine rings is 1. The molecule has 4 aromatic rings. The van der Waals surface area contributed by atoms with Crippen molar-refractivity contribution in [2.45, 2.75) is 38.6 Å². The van der Waals surface area contributed by atoms with Crippen LogP contribution in [-0.2, 0) is 4.79 Å². The summed E-state index contributed by atoms with van der Waals surface area (Å²) in [5, 5.41) is 10.9. The van der Waals surface area contributed by atoms with Crippen LogP contribution in [0.3, 0.4) is 0 Å². The second kappa shape index (κ2) is 10.3. The van der Waals surface area contributed by atoms with Crippen molar-refractivity contribution >= 4 is 28.3 Å². The first-order valence-electron chi connectivity index (χ1n) is 13.0. The van der Waals surface area contributed by atoms with Crippen LogP contribution in [0.25, 0.3) is 22.0 Å². The molecule has 2 aromatic carbocycles. The van der Waals surface area contributed by atoms with E-state index in [1.54, 1.807) is 18.5 Å². The predicted molar refractivity (Wildman–Crippen MR) is 145 cm³/mol. The highest BCUT2D eigenvalue weighted by molar-refractivity contribution is 6.05. The minimum Gasteiger partial charge on any atom is -0.437 e. The zero-order valence-corrected chi connectivity index (χ0v) is 21.1. The fourth-order valence-corrected chi connectivity index (χ4v) is 4.79. The molecule has 1 aliphatic carbocycles. The van der Waals surface area contributed by atoms with Crippen LogP contribution in [0.2, 0.25) is 0 Å². The molecule has 1 amide bonds. The largest absolute Gasteiger partial charge is 0.437 e. The lowest BCUT2D eigenvalue weighted by molar-refractivity contribution is -0.117. The molecule has 1 saturated carbocycles. The summed E-state index contributed by atoms with van der Waals surface area (Å²) in [5.41, 5.74) is 2.42. The number of nitrogens with zero attached hydrogens (tertiary/aromatic N) is 3. The third-order valence-corrected chi connectivity index (χ3v) is 7.03. The maximum atomic E-state index is 14.8. The molecule has 3 N–H and O–H groups in total. The van der Waals surface area contributed by atoms with Crippen LogP contribution in [0.5, 0.6) is 11.6 Å². The van der Waals surface area contributed by atoms with Crippen molar-refractivity contribution in [2.75, 3.05) is 23.7 Å². The van der Waals surface area contributed by atoms with Crippen LogP contribution in [0.4, 0.5) is 16.0 Å². The van der Waals surface area contributed by atoms with Gasteiger partial charge < -0.3 is 20.7 Å². The number of rotatable bonds is 7. The lowest BCUT2D eigenvalue weighted by atomic mass is 10.0. The molecule has 0 spiro atoms. The van der Waals surface area contributed by atoms with Crippen molar-refractivity contribution < 1.29 is 13.9 Å². The van der Waals surface area contributed by atoms with Gasteiger partial charge in [0.25, 0.3) is 0 Å². The van der Waals surface area contributed by atoms with E-state index in [0.717, 1.165) is 44.3 Å². The SMILES string of the molecule is Cc1ccc2c(NC(=O)C3CC3)c(F)ccc2c1Oc1ncccc1-c1ccnc(NC2CCCNC2)n1. The Hall–Kier alpha value is -4.11. The molecule has 38 heavy (non-hydrogen) atoms. The van der Waals surface area contributed by atoms with Crippen LogP contribution in [0.15, 0.2) is 54.9 Å². The molecule has 0 radical (unpaired) electrons. The van der Waals surface area contributed by atoms with Crippen LogP contribution < -0.4 is 20.7 Å². The summed E-state index contributed by atoms with van der Waals surface area (Å²) in [6.07, 6.45) is 7.23. The van der Waals surface area contributed by atoms with E-state index in [2.05, 4.69) is 25.9 Å². The van der Waals surface area contributed by atoms with E-state index in [1.807, 2.05) is 37.3 Å². The fourth-order valence-electron chi connectivity index (χ4n) is 4.79. The molecular formula is C29H29FN6O2. The average molecular weight is 513 g/mol. The molecule has 9 heteroatoms. The predicted octanol–water partition coefficient (Wildman–Crippen LogP) is 5.44. The van der Waals surface area contributed by atoms with Crippen LogP contribution >= 0.6 is 0 Å². The van der Waals surface area contributed by atoms with Gasteiger partial charge in [0.2, 0.25) is 17.7 Å². The van der Waals surface area contributed by atoms with Crippen LogP contribution in [0.1, 0.15) is 31.2 Å². The first-order chi connectivity index (χ1) is 18.6. The number of aryl methyl sites for hydroxylation is 1. The second-order valence-corrected chi connectivity index (χ2v) is 9.90. The Morgan fingerprint density at radius 1 is 1.05 bits per heavy atom. The normalized spacial score (nSPS) is 17.3. The number of hydrogen-bond donors (Lipinski definition) is 3. The Labute approximate surface area is 220 Å². The van der Waals surface area contributed by atoms with Gasteiger partial charge in [-0.15, -0.1) is 0 Å². The van der Waals surface area contributed by atoms with Gasteiger partial charge in [-0.3, -0.25) is 4.79 Å². The Kier molecular flexibility index (Phi) is 6.59. The molecule has 2 aromatic heterocycles. The Bertz CT molecular complexity index is 1500. The molecule has 0 bridgehead atoms. The molecule has 1 saturated heterocycles. The highest BCUT2D eigenvalue weighted by Crippen LogP contribution is 2.40. The Morgan fingerprint density at radius 3 is 2.74 bits per heavy atom. The van der Waals surface area contributed by atoms with E-state index < -0.39 is 5.82 Å². The number of benzene rings is 2. The molecule has 2 fully saturated rings. The molecule has 1 atom stereocenters. The van der Waals surface area contributed by atoms with Crippen LogP contribution in [-0.4, -0.2) is 40.0 Å². The minimum absolute atomic E-state index is 0.0384. The summed E-state index contributed by atoms with van der Waals surface area (Å²) in [5.74, 6) is 0.810. The van der Waals surface area contributed by atoms with Gasteiger partial charge in [0.1, 0.15) is 11.6 Å². The number of carbonyl (C=O) groups excluding carboxylic acids is 1. The van der Waals surface area contributed by atoms with E-state index in [-0.39, 0.29) is 23.6 Å². The highest BCUT2D eigenvalue weighted by Gasteiger charge is 2.30. The number of piperidine rings is 1. The van der Waals surface area contributed by atoms with Crippen molar-refractivity contribution in [3.63, 3.8) is 0 Å². The van der Waals surface area contributed by atoms with Gasteiger partial charge in [0, 0.05) is 41.7 Å². The lowest BCUT2D eigenvalue weighted by Gasteiger charge is -2.23. The topological polar surface area (TPSA) is 101 Å². The monoisotopic (exact) mass is 512 g/mol. The standard InChI is InChI=1S/C29H29FN6O2/c1-17-6-9-20-21(10-11-23(30)25(20)36-27(37)18-7-8-18)26(17)38-28-22(5-3-14-32-28)24-12-15-33-29(35-24)34-19-4-2-13-31-16-19/h3,5-6,9-12,14-15,18-19,31H,2,4,7-8,13,16H2,1H3,(H,36,37)(H,33,34,35). The lowest BCUT2D eigenvalue weighted by Crippen LogP contribution is -2.38. The second-order valence-electron chi connectivity index (χ2n) is 9.90. The summed E-state index contributed by atoms with van der Waals surface area (Å²) in [4.78, 5) is 26.1. The number of ether oxygens (including phenoxy) is 1. The molecular weight excluding hydrogens is 483 g/mol. The van der Waals surface area contributed by atoms with Gasteiger partial charge in [0.05, 0.1) is 16.9 Å². The van der Waals surface area contributed by atoms with Crippen molar-refractivity contribution in [3.05, 3.63) is 66.2 Å². The fraction of sp³-hybridized carbons (Fsp3) is 0.310. The van der Waals surface area contributed by atoms with Crippen LogP contribution in [0, 0.1) is 18.7 Å².